The van der Waals surface area contributed by atoms with Crippen molar-refractivity contribution in [2.24, 2.45) is 0 Å². The second-order valence-corrected chi connectivity index (χ2v) is 3.16. The van der Waals surface area contributed by atoms with Gasteiger partial charge < -0.3 is 10.2 Å². The zero-order valence-electron chi connectivity index (χ0n) is 8.88. The summed E-state index contributed by atoms with van der Waals surface area (Å²) >= 11 is 0. The molecule has 0 atom stereocenters. The van der Waals surface area contributed by atoms with Gasteiger partial charge in [0, 0.05) is 14.1 Å². The Labute approximate surface area is 91.5 Å². The standard InChI is InChI=1S/C8H11N5O3/c1-12(2)7(14)5-11-8-9-3-6(4-10-8)13(15)16/h3-4H,5H2,1-2H3,(H,9,10,11). The third-order valence-corrected chi connectivity index (χ3v) is 1.75. The SMILES string of the molecule is CN(C)C(=O)CNc1ncc([N+](=O)[O-])cn1. The third-order valence-electron chi connectivity index (χ3n) is 1.75. The highest BCUT2D eigenvalue weighted by Crippen LogP contribution is 2.07. The lowest BCUT2D eigenvalue weighted by atomic mass is 10.5. The van der Waals surface area contributed by atoms with Crippen LogP contribution in [0.3, 0.4) is 0 Å². The van der Waals surface area contributed by atoms with Gasteiger partial charge in [0.1, 0.15) is 12.4 Å². The second-order valence-electron chi connectivity index (χ2n) is 3.16. The van der Waals surface area contributed by atoms with Crippen molar-refractivity contribution in [2.75, 3.05) is 26.0 Å². The van der Waals surface area contributed by atoms with Gasteiger partial charge in [-0.2, -0.15) is 0 Å². The lowest BCUT2D eigenvalue weighted by Gasteiger charge is -2.10. The van der Waals surface area contributed by atoms with E-state index in [1.807, 2.05) is 0 Å². The fraction of sp³-hybridized carbons (Fsp3) is 0.375. The molecule has 1 amide bonds. The summed E-state index contributed by atoms with van der Waals surface area (Å²) in [5.74, 6) is 0.0442. The molecule has 0 aliphatic carbocycles. The Bertz CT molecular complexity index is 389. The van der Waals surface area contributed by atoms with Gasteiger partial charge >= 0.3 is 5.69 Å². The quantitative estimate of drug-likeness (QED) is 0.566. The summed E-state index contributed by atoms with van der Waals surface area (Å²) in [6.07, 6.45) is 2.16. The van der Waals surface area contributed by atoms with Crippen LogP contribution in [0.5, 0.6) is 0 Å². The van der Waals surface area contributed by atoms with Crippen molar-refractivity contribution in [1.82, 2.24) is 14.9 Å². The van der Waals surface area contributed by atoms with E-state index in [4.69, 9.17) is 0 Å². The molecule has 0 radical (unpaired) electrons. The number of likely N-dealkylation sites (N-methyl/N-ethyl adjacent to an activating group) is 1. The molecule has 1 aromatic rings. The molecule has 0 aromatic carbocycles. The summed E-state index contributed by atoms with van der Waals surface area (Å²) in [5.41, 5.74) is -0.190. The summed E-state index contributed by atoms with van der Waals surface area (Å²) in [4.78, 5) is 29.7. The van der Waals surface area contributed by atoms with Crippen molar-refractivity contribution in [2.45, 2.75) is 0 Å². The van der Waals surface area contributed by atoms with E-state index in [0.29, 0.717) is 0 Å². The monoisotopic (exact) mass is 225 g/mol. The molecule has 0 saturated carbocycles. The summed E-state index contributed by atoms with van der Waals surface area (Å²) in [6.45, 7) is 0.0464. The Balaban J connectivity index is 2.56. The Morgan fingerprint density at radius 3 is 2.50 bits per heavy atom. The molecule has 16 heavy (non-hydrogen) atoms. The Kier molecular flexibility index (Phi) is 3.70. The van der Waals surface area contributed by atoms with Crippen molar-refractivity contribution in [3.05, 3.63) is 22.5 Å². The van der Waals surface area contributed by atoms with Crippen LogP contribution in [0.1, 0.15) is 0 Å². The van der Waals surface area contributed by atoms with E-state index in [-0.39, 0.29) is 24.1 Å². The molecule has 8 heteroatoms. The van der Waals surface area contributed by atoms with Crippen LogP contribution < -0.4 is 5.32 Å². The first-order chi connectivity index (χ1) is 7.50. The fourth-order valence-electron chi connectivity index (χ4n) is 0.820. The summed E-state index contributed by atoms with van der Waals surface area (Å²) in [7, 11) is 3.25. The predicted octanol–water partition coefficient (Wildman–Crippen LogP) is -0.115. The van der Waals surface area contributed by atoms with Crippen LogP contribution in [0.25, 0.3) is 0 Å². The topological polar surface area (TPSA) is 101 Å². The lowest BCUT2D eigenvalue weighted by molar-refractivity contribution is -0.385. The van der Waals surface area contributed by atoms with Gasteiger partial charge in [0.25, 0.3) is 0 Å². The molecular weight excluding hydrogens is 214 g/mol. The number of nitrogens with one attached hydrogen (secondary N) is 1. The molecule has 0 aliphatic rings. The lowest BCUT2D eigenvalue weighted by Crippen LogP contribution is -2.29. The van der Waals surface area contributed by atoms with Crippen LogP contribution in [0.2, 0.25) is 0 Å². The maximum atomic E-state index is 11.2. The third kappa shape index (κ3) is 3.15. The first kappa shape index (κ1) is 11.8. The van der Waals surface area contributed by atoms with Gasteiger partial charge in [-0.15, -0.1) is 0 Å². The molecule has 0 spiro atoms. The number of aromatic nitrogens is 2. The van der Waals surface area contributed by atoms with E-state index < -0.39 is 4.92 Å². The van der Waals surface area contributed by atoms with Crippen LogP contribution in [0, 0.1) is 10.1 Å². The Morgan fingerprint density at radius 1 is 1.50 bits per heavy atom. The van der Waals surface area contributed by atoms with Crippen molar-refractivity contribution in [3.63, 3.8) is 0 Å². The number of nitro groups is 1. The number of carbonyl (C=O) groups excluding carboxylic acids is 1. The minimum absolute atomic E-state index is 0.0464. The number of hydrogen-bond acceptors (Lipinski definition) is 6. The van der Waals surface area contributed by atoms with E-state index in [0.717, 1.165) is 12.4 Å². The molecule has 86 valence electrons. The van der Waals surface area contributed by atoms with Crippen molar-refractivity contribution >= 4 is 17.5 Å². The minimum Gasteiger partial charge on any atom is -0.347 e. The maximum absolute atomic E-state index is 11.2. The molecule has 1 N–H and O–H groups in total. The average molecular weight is 225 g/mol. The number of nitrogens with zero attached hydrogens (tertiary/aromatic N) is 4. The highest BCUT2D eigenvalue weighted by atomic mass is 16.6. The largest absolute Gasteiger partial charge is 0.347 e. The second kappa shape index (κ2) is 5.01. The van der Waals surface area contributed by atoms with Gasteiger partial charge in [-0.05, 0) is 0 Å². The van der Waals surface area contributed by atoms with Gasteiger partial charge in [0.15, 0.2) is 0 Å². The predicted molar refractivity (Wildman–Crippen MR) is 55.9 cm³/mol. The highest BCUT2D eigenvalue weighted by Gasteiger charge is 2.08. The van der Waals surface area contributed by atoms with Crippen LogP contribution in [-0.4, -0.2) is 46.3 Å². The minimum atomic E-state index is -0.589. The van der Waals surface area contributed by atoms with Crippen LogP contribution in [0.4, 0.5) is 11.6 Å². The van der Waals surface area contributed by atoms with E-state index in [1.165, 1.54) is 4.90 Å². The number of rotatable bonds is 4. The van der Waals surface area contributed by atoms with Gasteiger partial charge in [-0.25, -0.2) is 9.97 Å². The first-order valence-electron chi connectivity index (χ1n) is 4.41. The maximum Gasteiger partial charge on any atom is 0.305 e. The zero-order valence-corrected chi connectivity index (χ0v) is 8.88. The average Bonchev–Trinajstić information content (AvgIpc) is 2.26. The Morgan fingerprint density at radius 2 is 2.06 bits per heavy atom. The fourth-order valence-corrected chi connectivity index (χ4v) is 0.820. The molecule has 0 fully saturated rings. The van der Waals surface area contributed by atoms with E-state index >= 15 is 0 Å². The van der Waals surface area contributed by atoms with Gasteiger partial charge in [-0.1, -0.05) is 0 Å². The highest BCUT2D eigenvalue weighted by molar-refractivity contribution is 5.79. The van der Waals surface area contributed by atoms with Gasteiger partial charge in [-0.3, -0.25) is 14.9 Å². The molecule has 8 nitrogen and oxygen atoms in total. The normalized spacial score (nSPS) is 9.62. The van der Waals surface area contributed by atoms with Crippen LogP contribution in [-0.2, 0) is 4.79 Å². The molecule has 1 heterocycles. The number of hydrogen-bond donors (Lipinski definition) is 1. The van der Waals surface area contributed by atoms with Crippen LogP contribution >= 0.6 is 0 Å². The molecule has 0 saturated heterocycles. The Hall–Kier alpha value is -2.25. The summed E-state index contributed by atoms with van der Waals surface area (Å²) in [5, 5.41) is 13.0. The molecule has 1 aromatic heterocycles. The van der Waals surface area contributed by atoms with E-state index in [1.54, 1.807) is 14.1 Å². The van der Waals surface area contributed by atoms with Gasteiger partial charge in [0.05, 0.1) is 11.5 Å². The van der Waals surface area contributed by atoms with Crippen molar-refractivity contribution in [3.8, 4) is 0 Å². The van der Waals surface area contributed by atoms with Crippen molar-refractivity contribution in [1.29, 1.82) is 0 Å². The first-order valence-corrected chi connectivity index (χ1v) is 4.41. The molecular formula is C8H11N5O3. The zero-order chi connectivity index (χ0) is 12.1. The molecule has 0 aliphatic heterocycles. The number of carbonyl (C=O) groups is 1. The smallest absolute Gasteiger partial charge is 0.305 e. The number of amides is 1. The summed E-state index contributed by atoms with van der Waals surface area (Å²) < 4.78 is 0. The van der Waals surface area contributed by atoms with Crippen molar-refractivity contribution < 1.29 is 9.72 Å². The van der Waals surface area contributed by atoms with Gasteiger partial charge in [0.2, 0.25) is 11.9 Å². The van der Waals surface area contributed by atoms with E-state index in [2.05, 4.69) is 15.3 Å². The van der Waals surface area contributed by atoms with E-state index in [9.17, 15) is 14.9 Å². The molecule has 0 bridgehead atoms. The summed E-state index contributed by atoms with van der Waals surface area (Å²) in [6, 6.07) is 0. The number of anilines is 1. The molecule has 1 rings (SSSR count). The molecule has 0 unspecified atom stereocenters. The van der Waals surface area contributed by atoms with Crippen LogP contribution in [0.15, 0.2) is 12.4 Å².